The van der Waals surface area contributed by atoms with Gasteiger partial charge in [-0.2, -0.15) is 26.3 Å². The minimum atomic E-state index is -5.03. The highest BCUT2D eigenvalue weighted by Crippen LogP contribution is 2.39. The number of ether oxygens (including phenoxy) is 3. The van der Waals surface area contributed by atoms with Crippen LogP contribution in [0, 0.1) is 6.92 Å². The largest absolute Gasteiger partial charge is 0.493 e. The van der Waals surface area contributed by atoms with Crippen molar-refractivity contribution in [3.05, 3.63) is 47.0 Å². The summed E-state index contributed by atoms with van der Waals surface area (Å²) in [7, 11) is 2.70. The Labute approximate surface area is 167 Å². The summed E-state index contributed by atoms with van der Waals surface area (Å²) in [6.45, 7) is 1.04. The van der Waals surface area contributed by atoms with Gasteiger partial charge in [0.25, 0.3) is 5.91 Å². The van der Waals surface area contributed by atoms with Crippen molar-refractivity contribution >= 4 is 11.6 Å². The summed E-state index contributed by atoms with van der Waals surface area (Å²) in [4.78, 5) is 12.1. The highest BCUT2D eigenvalue weighted by Gasteiger charge is 2.37. The number of aryl methyl sites for hydroxylation is 1. The van der Waals surface area contributed by atoms with E-state index in [1.807, 2.05) is 5.32 Å². The number of alkyl halides is 6. The van der Waals surface area contributed by atoms with E-state index in [4.69, 9.17) is 14.2 Å². The average molecular weight is 437 g/mol. The van der Waals surface area contributed by atoms with Gasteiger partial charge in [-0.15, -0.1) is 0 Å². The van der Waals surface area contributed by atoms with Crippen LogP contribution in [0.3, 0.4) is 0 Å². The number of carbonyl (C=O) groups is 1. The smallest absolute Gasteiger partial charge is 0.416 e. The van der Waals surface area contributed by atoms with E-state index < -0.39 is 41.7 Å². The number of anilines is 1. The zero-order valence-electron chi connectivity index (χ0n) is 16.0. The fourth-order valence-corrected chi connectivity index (χ4v) is 2.52. The number of nitrogens with one attached hydrogen (secondary N) is 1. The molecule has 2 rings (SSSR count). The van der Waals surface area contributed by atoms with Gasteiger partial charge in [0, 0.05) is 5.69 Å². The molecule has 0 heterocycles. The predicted octanol–water partition coefficient (Wildman–Crippen LogP) is 5.07. The number of halogens is 6. The predicted molar refractivity (Wildman–Crippen MR) is 94.9 cm³/mol. The Balaban J connectivity index is 2.23. The number of hydrogen-bond donors (Lipinski definition) is 1. The molecule has 11 heteroatoms. The van der Waals surface area contributed by atoms with Crippen LogP contribution in [0.5, 0.6) is 17.2 Å². The van der Waals surface area contributed by atoms with Crippen molar-refractivity contribution in [1.29, 1.82) is 0 Å². The van der Waals surface area contributed by atoms with Gasteiger partial charge >= 0.3 is 12.4 Å². The number of benzene rings is 2. The van der Waals surface area contributed by atoms with Crippen LogP contribution in [0.15, 0.2) is 30.3 Å². The third-order valence-electron chi connectivity index (χ3n) is 3.82. The minimum absolute atomic E-state index is 0.0335. The van der Waals surface area contributed by atoms with E-state index >= 15 is 0 Å². The van der Waals surface area contributed by atoms with Crippen molar-refractivity contribution in [2.45, 2.75) is 19.3 Å². The molecule has 2 aromatic carbocycles. The normalized spacial score (nSPS) is 11.8. The molecule has 164 valence electrons. The van der Waals surface area contributed by atoms with Crippen LogP contribution in [-0.2, 0) is 17.1 Å². The summed E-state index contributed by atoms with van der Waals surface area (Å²) in [5.41, 5.74) is -3.00. The molecule has 2 aromatic rings. The topological polar surface area (TPSA) is 56.8 Å². The second-order valence-corrected chi connectivity index (χ2v) is 6.13. The van der Waals surface area contributed by atoms with E-state index in [0.717, 1.165) is 5.56 Å². The van der Waals surface area contributed by atoms with Crippen molar-refractivity contribution in [1.82, 2.24) is 0 Å². The lowest BCUT2D eigenvalue weighted by Crippen LogP contribution is -2.21. The van der Waals surface area contributed by atoms with Gasteiger partial charge in [0.2, 0.25) is 5.75 Å². The van der Waals surface area contributed by atoms with Gasteiger partial charge in [-0.05, 0) is 42.8 Å². The zero-order chi connectivity index (χ0) is 22.7. The first-order chi connectivity index (χ1) is 13.8. The lowest BCUT2D eigenvalue weighted by molar-refractivity contribution is -0.143. The zero-order valence-corrected chi connectivity index (χ0v) is 16.0. The Bertz CT molecular complexity index is 867. The van der Waals surface area contributed by atoms with Crippen LogP contribution in [-0.4, -0.2) is 26.7 Å². The molecule has 0 aromatic heterocycles. The van der Waals surface area contributed by atoms with Gasteiger partial charge in [0.1, 0.15) is 0 Å². The van der Waals surface area contributed by atoms with Gasteiger partial charge in [-0.3, -0.25) is 4.79 Å². The van der Waals surface area contributed by atoms with Crippen LogP contribution in [0.4, 0.5) is 32.0 Å². The van der Waals surface area contributed by atoms with Gasteiger partial charge in [-0.25, -0.2) is 0 Å². The lowest BCUT2D eigenvalue weighted by atomic mass is 10.1. The van der Waals surface area contributed by atoms with Crippen LogP contribution in [0.2, 0.25) is 0 Å². The SMILES string of the molecule is COc1cc(C)cc(OC)c1OCC(=O)Nc1cc(C(F)(F)F)cc(C(F)(F)F)c1. The molecular formula is C19H17F6NO4. The summed E-state index contributed by atoms with van der Waals surface area (Å²) in [6, 6.07) is 3.96. The van der Waals surface area contributed by atoms with E-state index in [9.17, 15) is 31.1 Å². The summed E-state index contributed by atoms with van der Waals surface area (Å²) in [5, 5.41) is 1.98. The highest BCUT2D eigenvalue weighted by atomic mass is 19.4. The standard InChI is InChI=1S/C19H17F6NO4/c1-10-4-14(28-2)17(15(5-10)29-3)30-9-16(27)26-13-7-11(18(20,21)22)6-12(8-13)19(23,24)25/h4-8H,9H2,1-3H3,(H,26,27). The molecular weight excluding hydrogens is 420 g/mol. The number of methoxy groups -OCH3 is 2. The van der Waals surface area contributed by atoms with Crippen LogP contribution >= 0.6 is 0 Å². The molecule has 0 aliphatic carbocycles. The second-order valence-electron chi connectivity index (χ2n) is 6.13. The Morgan fingerprint density at radius 3 is 1.73 bits per heavy atom. The number of amides is 1. The first-order valence-corrected chi connectivity index (χ1v) is 8.30. The Kier molecular flexibility index (Phi) is 6.73. The van der Waals surface area contributed by atoms with Crippen LogP contribution in [0.1, 0.15) is 16.7 Å². The fraction of sp³-hybridized carbons (Fsp3) is 0.316. The first kappa shape index (κ1) is 23.2. The number of carbonyl (C=O) groups excluding carboxylic acids is 1. The molecule has 0 radical (unpaired) electrons. The molecule has 0 atom stereocenters. The Morgan fingerprint density at radius 2 is 1.33 bits per heavy atom. The van der Waals surface area contributed by atoms with Crippen LogP contribution < -0.4 is 19.5 Å². The number of rotatable bonds is 6. The molecule has 0 unspecified atom stereocenters. The van der Waals surface area contributed by atoms with Crippen molar-refractivity contribution in [3.63, 3.8) is 0 Å². The third-order valence-corrected chi connectivity index (χ3v) is 3.82. The molecule has 1 N–H and O–H groups in total. The first-order valence-electron chi connectivity index (χ1n) is 8.30. The Morgan fingerprint density at radius 1 is 0.867 bits per heavy atom. The van der Waals surface area contributed by atoms with E-state index in [1.54, 1.807) is 19.1 Å². The minimum Gasteiger partial charge on any atom is -0.493 e. The van der Waals surface area contributed by atoms with Gasteiger partial charge in [0.15, 0.2) is 18.1 Å². The molecule has 0 saturated heterocycles. The molecule has 0 bridgehead atoms. The van der Waals surface area contributed by atoms with E-state index in [-0.39, 0.29) is 23.3 Å². The van der Waals surface area contributed by atoms with E-state index in [1.165, 1.54) is 14.2 Å². The maximum absolute atomic E-state index is 12.9. The summed E-state index contributed by atoms with van der Waals surface area (Å²) >= 11 is 0. The maximum Gasteiger partial charge on any atom is 0.416 e. The molecule has 5 nitrogen and oxygen atoms in total. The fourth-order valence-electron chi connectivity index (χ4n) is 2.52. The monoisotopic (exact) mass is 437 g/mol. The van der Waals surface area contributed by atoms with Gasteiger partial charge in [-0.1, -0.05) is 0 Å². The van der Waals surface area contributed by atoms with Crippen molar-refractivity contribution in [2.24, 2.45) is 0 Å². The lowest BCUT2D eigenvalue weighted by Gasteiger charge is -2.16. The molecule has 0 aliphatic rings. The molecule has 0 saturated carbocycles. The average Bonchev–Trinajstić information content (AvgIpc) is 2.64. The number of hydrogen-bond acceptors (Lipinski definition) is 4. The highest BCUT2D eigenvalue weighted by molar-refractivity contribution is 5.92. The van der Waals surface area contributed by atoms with Crippen molar-refractivity contribution < 1.29 is 45.3 Å². The Hall–Kier alpha value is -3.11. The summed E-state index contributed by atoms with van der Waals surface area (Å²) < 4.78 is 93.1. The second kappa shape index (κ2) is 8.72. The summed E-state index contributed by atoms with van der Waals surface area (Å²) in [6.07, 6.45) is -10.1. The quantitative estimate of drug-likeness (QED) is 0.642. The molecule has 30 heavy (non-hydrogen) atoms. The maximum atomic E-state index is 12.9. The van der Waals surface area contributed by atoms with Gasteiger partial charge < -0.3 is 19.5 Å². The molecule has 1 amide bonds. The summed E-state index contributed by atoms with van der Waals surface area (Å²) in [5.74, 6) is -0.455. The molecule has 0 fully saturated rings. The van der Waals surface area contributed by atoms with Crippen molar-refractivity contribution in [2.75, 3.05) is 26.1 Å². The van der Waals surface area contributed by atoms with E-state index in [0.29, 0.717) is 12.1 Å². The van der Waals surface area contributed by atoms with Crippen molar-refractivity contribution in [3.8, 4) is 17.2 Å². The third kappa shape index (κ3) is 5.71. The van der Waals surface area contributed by atoms with E-state index in [2.05, 4.69) is 0 Å². The van der Waals surface area contributed by atoms with Crippen LogP contribution in [0.25, 0.3) is 0 Å². The molecule has 0 aliphatic heterocycles. The van der Waals surface area contributed by atoms with Gasteiger partial charge in [0.05, 0.1) is 25.3 Å². The molecule has 0 spiro atoms.